The van der Waals surface area contributed by atoms with Crippen LogP contribution < -0.4 is 9.64 Å². The third-order valence-electron chi connectivity index (χ3n) is 6.78. The summed E-state index contributed by atoms with van der Waals surface area (Å²) in [6.07, 6.45) is 1.67. The molecule has 0 bridgehead atoms. The van der Waals surface area contributed by atoms with Crippen molar-refractivity contribution in [1.82, 2.24) is 0 Å². The number of carboxylic acids is 1. The molecule has 7 heteroatoms. The molecule has 0 aromatic heterocycles. The molecule has 5 rings (SSSR count). The Morgan fingerprint density at radius 1 is 1.09 bits per heavy atom. The minimum Gasteiger partial charge on any atom is -0.488 e. The van der Waals surface area contributed by atoms with Gasteiger partial charge >= 0.3 is 5.97 Å². The van der Waals surface area contributed by atoms with Gasteiger partial charge in [0.1, 0.15) is 17.2 Å². The molecule has 1 atom stereocenters. The molecule has 2 heterocycles. The van der Waals surface area contributed by atoms with Crippen LogP contribution >= 0.6 is 11.6 Å². The molecule has 2 aliphatic heterocycles. The largest absolute Gasteiger partial charge is 0.488 e. The number of carbonyl (C=O) groups is 2. The smallest absolute Gasteiger partial charge is 0.335 e. The van der Waals surface area contributed by atoms with Crippen molar-refractivity contribution >= 4 is 34.9 Å². The van der Waals surface area contributed by atoms with E-state index in [4.69, 9.17) is 16.3 Å². The van der Waals surface area contributed by atoms with Crippen molar-refractivity contribution in [2.45, 2.75) is 44.6 Å². The molecule has 1 amide bonds. The summed E-state index contributed by atoms with van der Waals surface area (Å²) < 4.78 is 20.4. The summed E-state index contributed by atoms with van der Waals surface area (Å²) in [5.74, 6) is -1.53. The van der Waals surface area contributed by atoms with E-state index in [1.165, 1.54) is 11.0 Å². The lowest BCUT2D eigenvalue weighted by molar-refractivity contribution is -0.120. The number of aryl methyl sites for hydroxylation is 1. The summed E-state index contributed by atoms with van der Waals surface area (Å²) in [4.78, 5) is 26.9. The normalized spacial score (nSPS) is 20.5. The first-order valence-electron chi connectivity index (χ1n) is 11.0. The second kappa shape index (κ2) is 7.57. The SMILES string of the molecule is CC1(C)CCc2cc([C@]3(C)C(=O)N(c4cc(F)cc(C(=O)O)c4)c4ccc(Cl)cc43)ccc2O1. The summed E-state index contributed by atoms with van der Waals surface area (Å²) in [5, 5.41) is 9.87. The first-order chi connectivity index (χ1) is 16.0. The zero-order valence-electron chi connectivity index (χ0n) is 19.0. The van der Waals surface area contributed by atoms with E-state index in [1.807, 2.05) is 39.0 Å². The number of hydrogen-bond donors (Lipinski definition) is 1. The molecule has 1 N–H and O–H groups in total. The second-order valence-corrected chi connectivity index (χ2v) is 10.1. The maximum Gasteiger partial charge on any atom is 0.335 e. The fourth-order valence-corrected chi connectivity index (χ4v) is 5.06. The van der Waals surface area contributed by atoms with Gasteiger partial charge in [-0.2, -0.15) is 0 Å². The Balaban J connectivity index is 1.68. The van der Waals surface area contributed by atoms with Crippen molar-refractivity contribution in [3.8, 4) is 5.75 Å². The predicted molar refractivity (Wildman–Crippen MR) is 128 cm³/mol. The van der Waals surface area contributed by atoms with Gasteiger partial charge in [-0.1, -0.05) is 23.7 Å². The number of rotatable bonds is 3. The quantitative estimate of drug-likeness (QED) is 0.481. The third-order valence-corrected chi connectivity index (χ3v) is 7.01. The lowest BCUT2D eigenvalue weighted by Gasteiger charge is -2.34. The maximum atomic E-state index is 14.3. The zero-order valence-corrected chi connectivity index (χ0v) is 19.7. The van der Waals surface area contributed by atoms with Crippen LogP contribution in [0.1, 0.15) is 54.2 Å². The molecule has 3 aromatic rings. The van der Waals surface area contributed by atoms with Crippen molar-refractivity contribution in [3.63, 3.8) is 0 Å². The van der Waals surface area contributed by atoms with Gasteiger partial charge in [0.2, 0.25) is 5.91 Å². The van der Waals surface area contributed by atoms with Crippen LogP contribution in [0.3, 0.4) is 0 Å². The second-order valence-electron chi connectivity index (χ2n) is 9.61. The summed E-state index contributed by atoms with van der Waals surface area (Å²) in [7, 11) is 0. The monoisotopic (exact) mass is 479 g/mol. The van der Waals surface area contributed by atoms with Gasteiger partial charge in [-0.25, -0.2) is 9.18 Å². The molecule has 0 spiro atoms. The number of benzene rings is 3. The number of fused-ring (bicyclic) bond motifs is 2. The average molecular weight is 480 g/mol. The van der Waals surface area contributed by atoms with Gasteiger partial charge in [-0.05, 0) is 92.8 Å². The number of aromatic carboxylic acids is 1. The Labute approximate surface area is 201 Å². The minimum absolute atomic E-state index is 0.151. The lowest BCUT2D eigenvalue weighted by Crippen LogP contribution is -2.37. The van der Waals surface area contributed by atoms with Crippen molar-refractivity contribution in [1.29, 1.82) is 0 Å². The number of amides is 1. The first-order valence-corrected chi connectivity index (χ1v) is 11.4. The number of anilines is 2. The molecule has 2 aliphatic rings. The number of halogens is 2. The van der Waals surface area contributed by atoms with Gasteiger partial charge in [0.05, 0.1) is 22.4 Å². The minimum atomic E-state index is -1.27. The summed E-state index contributed by atoms with van der Waals surface area (Å²) in [6, 6.07) is 14.3. The topological polar surface area (TPSA) is 66.8 Å². The van der Waals surface area contributed by atoms with Crippen molar-refractivity contribution in [2.75, 3.05) is 4.90 Å². The summed E-state index contributed by atoms with van der Waals surface area (Å²) in [5.41, 5.74) is 1.54. The van der Waals surface area contributed by atoms with Crippen LogP contribution in [-0.4, -0.2) is 22.6 Å². The Kier molecular flexibility index (Phi) is 4.99. The molecule has 0 radical (unpaired) electrons. The highest BCUT2D eigenvalue weighted by Crippen LogP contribution is 2.50. The molecule has 3 aromatic carbocycles. The molecule has 0 fully saturated rings. The van der Waals surface area contributed by atoms with E-state index < -0.39 is 17.2 Å². The molecule has 0 unspecified atom stereocenters. The molecule has 0 aliphatic carbocycles. The average Bonchev–Trinajstić information content (AvgIpc) is 2.99. The number of ether oxygens (including phenoxy) is 1. The molecular weight excluding hydrogens is 457 g/mol. The van der Waals surface area contributed by atoms with Crippen molar-refractivity contribution < 1.29 is 23.8 Å². The van der Waals surface area contributed by atoms with Crippen LogP contribution in [0.4, 0.5) is 15.8 Å². The van der Waals surface area contributed by atoms with Gasteiger partial charge in [0.25, 0.3) is 0 Å². The van der Waals surface area contributed by atoms with Crippen LogP contribution in [0.2, 0.25) is 5.02 Å². The van der Waals surface area contributed by atoms with Crippen molar-refractivity contribution in [2.24, 2.45) is 0 Å². The van der Waals surface area contributed by atoms with E-state index in [0.717, 1.165) is 41.9 Å². The fourth-order valence-electron chi connectivity index (χ4n) is 4.88. The molecular formula is C27H23ClFNO4. The highest BCUT2D eigenvalue weighted by atomic mass is 35.5. The predicted octanol–water partition coefficient (Wildman–Crippen LogP) is 6.27. The maximum absolute atomic E-state index is 14.3. The third kappa shape index (κ3) is 3.44. The molecule has 5 nitrogen and oxygen atoms in total. The van der Waals surface area contributed by atoms with Gasteiger partial charge in [-0.15, -0.1) is 0 Å². The van der Waals surface area contributed by atoms with E-state index in [1.54, 1.807) is 18.2 Å². The Hall–Kier alpha value is -3.38. The van der Waals surface area contributed by atoms with Crippen LogP contribution in [-0.2, 0) is 16.6 Å². The highest BCUT2D eigenvalue weighted by Gasteiger charge is 2.50. The van der Waals surface area contributed by atoms with Gasteiger partial charge < -0.3 is 9.84 Å². The number of carboxylic acid groups (broad SMARTS) is 1. The molecule has 34 heavy (non-hydrogen) atoms. The molecule has 0 saturated heterocycles. The zero-order chi connectivity index (χ0) is 24.4. The van der Waals surface area contributed by atoms with Crippen LogP contribution in [0.25, 0.3) is 0 Å². The van der Waals surface area contributed by atoms with Crippen LogP contribution in [0.15, 0.2) is 54.6 Å². The van der Waals surface area contributed by atoms with E-state index in [0.29, 0.717) is 16.3 Å². The Bertz CT molecular complexity index is 1370. The lowest BCUT2D eigenvalue weighted by atomic mass is 9.76. The van der Waals surface area contributed by atoms with Gasteiger partial charge in [-0.3, -0.25) is 9.69 Å². The van der Waals surface area contributed by atoms with Crippen molar-refractivity contribution in [3.05, 3.63) is 87.7 Å². The van der Waals surface area contributed by atoms with Gasteiger partial charge in [0, 0.05) is 5.02 Å². The van der Waals surface area contributed by atoms with E-state index >= 15 is 0 Å². The summed E-state index contributed by atoms with van der Waals surface area (Å²) >= 11 is 6.33. The number of carbonyl (C=O) groups excluding carboxylic acids is 1. The molecule has 174 valence electrons. The van der Waals surface area contributed by atoms with Crippen LogP contribution in [0, 0.1) is 5.82 Å². The highest BCUT2D eigenvalue weighted by molar-refractivity contribution is 6.31. The van der Waals surface area contributed by atoms with E-state index in [9.17, 15) is 19.1 Å². The summed E-state index contributed by atoms with van der Waals surface area (Å²) in [6.45, 7) is 5.91. The Morgan fingerprint density at radius 2 is 1.85 bits per heavy atom. The first kappa shape index (κ1) is 22.4. The number of hydrogen-bond acceptors (Lipinski definition) is 3. The van der Waals surface area contributed by atoms with E-state index in [2.05, 4.69) is 0 Å². The van der Waals surface area contributed by atoms with Gasteiger partial charge in [0.15, 0.2) is 0 Å². The number of nitrogens with zero attached hydrogens (tertiary/aromatic N) is 1. The van der Waals surface area contributed by atoms with E-state index in [-0.39, 0.29) is 22.8 Å². The Morgan fingerprint density at radius 3 is 2.59 bits per heavy atom. The molecule has 0 saturated carbocycles. The van der Waals surface area contributed by atoms with Crippen LogP contribution in [0.5, 0.6) is 5.75 Å². The standard InChI is InChI=1S/C27H23ClFNO4/c1-26(2)9-8-15-10-17(4-7-23(15)34-26)27(3)21-13-18(28)5-6-22(21)30(25(27)33)20-12-16(24(31)32)11-19(29)14-20/h4-7,10-14H,8-9H2,1-3H3,(H,31,32)/t27-/m0/s1. The fraction of sp³-hybridized carbons (Fsp3) is 0.259.